The maximum Gasteiger partial charge on any atom is 0.337 e. The highest BCUT2D eigenvalue weighted by atomic mass is 16.5. The smallest absolute Gasteiger partial charge is 0.337 e. The molecular formula is C17H20N6O4. The number of nitrogens with one attached hydrogen (secondary N) is 2. The zero-order valence-corrected chi connectivity index (χ0v) is 14.9. The molecule has 1 aliphatic rings. The van der Waals surface area contributed by atoms with E-state index in [9.17, 15) is 14.7 Å². The van der Waals surface area contributed by atoms with Crippen LogP contribution in [0.25, 0.3) is 11.0 Å². The number of benzene rings is 1. The summed E-state index contributed by atoms with van der Waals surface area (Å²) in [7, 11) is 0. The largest absolute Gasteiger partial charge is 0.478 e. The first-order valence-corrected chi connectivity index (χ1v) is 8.43. The molecule has 0 radical (unpaired) electrons. The number of hydroxylamine groups is 1. The van der Waals surface area contributed by atoms with Crippen molar-refractivity contribution >= 4 is 22.9 Å². The number of aromatic carboxylic acids is 1. The number of imidazole rings is 1. The van der Waals surface area contributed by atoms with Crippen molar-refractivity contribution in [2.75, 3.05) is 6.54 Å². The first-order chi connectivity index (χ1) is 12.9. The molecule has 0 bridgehead atoms. The summed E-state index contributed by atoms with van der Waals surface area (Å²) in [6, 6.07) is 4.71. The van der Waals surface area contributed by atoms with Crippen molar-refractivity contribution in [3.63, 3.8) is 0 Å². The topological polar surface area (TPSA) is 143 Å². The van der Waals surface area contributed by atoms with Gasteiger partial charge in [-0.15, -0.1) is 5.11 Å². The minimum atomic E-state index is -1.03. The Morgan fingerprint density at radius 3 is 2.85 bits per heavy atom. The molecule has 27 heavy (non-hydrogen) atoms. The third-order valence-electron chi connectivity index (χ3n) is 4.25. The molecule has 1 aromatic heterocycles. The van der Waals surface area contributed by atoms with E-state index in [0.29, 0.717) is 29.1 Å². The predicted molar refractivity (Wildman–Crippen MR) is 94.8 cm³/mol. The summed E-state index contributed by atoms with van der Waals surface area (Å²) in [4.78, 5) is 30.3. The third kappa shape index (κ3) is 3.80. The van der Waals surface area contributed by atoms with Crippen molar-refractivity contribution in [3.8, 4) is 0 Å². The highest BCUT2D eigenvalue weighted by Gasteiger charge is 2.30. The second-order valence-electron chi connectivity index (χ2n) is 6.54. The number of H-pyrrole nitrogens is 1. The molecule has 1 amide bonds. The van der Waals surface area contributed by atoms with Gasteiger partial charge < -0.3 is 10.1 Å². The van der Waals surface area contributed by atoms with Gasteiger partial charge in [0.15, 0.2) is 0 Å². The molecule has 2 heterocycles. The molecule has 0 saturated heterocycles. The standard InChI is InChI=1S/C17H20N6O4/c1-9(2)15(23-8-10(20-22-23)6-7-13(24)21-27)16-18-12-5-3-4-11(17(25)26)14(12)19-16/h3-6,9,15,27H,7-8H2,1-2H3,(H,18,19)(H,21,24)(H,25,26)/b10-6-. The number of nitrogens with zero attached hydrogens (tertiary/aromatic N) is 4. The third-order valence-corrected chi connectivity index (χ3v) is 4.25. The molecule has 0 fully saturated rings. The lowest BCUT2D eigenvalue weighted by Crippen LogP contribution is -2.27. The molecule has 142 valence electrons. The summed E-state index contributed by atoms with van der Waals surface area (Å²) in [5.41, 5.74) is 3.34. The molecule has 1 aliphatic heterocycles. The van der Waals surface area contributed by atoms with Crippen LogP contribution in [0.1, 0.15) is 42.5 Å². The molecule has 10 nitrogen and oxygen atoms in total. The quantitative estimate of drug-likeness (QED) is 0.453. The molecule has 1 unspecified atom stereocenters. The number of fused-ring (bicyclic) bond motifs is 1. The summed E-state index contributed by atoms with van der Waals surface area (Å²) in [5.74, 6) is -0.858. The summed E-state index contributed by atoms with van der Waals surface area (Å²) in [6.45, 7) is 4.39. The molecule has 0 spiro atoms. The fourth-order valence-electron chi connectivity index (χ4n) is 3.02. The Morgan fingerprint density at radius 1 is 1.41 bits per heavy atom. The van der Waals surface area contributed by atoms with Gasteiger partial charge in [0.2, 0.25) is 5.91 Å². The van der Waals surface area contributed by atoms with E-state index < -0.39 is 11.9 Å². The highest BCUT2D eigenvalue weighted by Crippen LogP contribution is 2.32. The Kier molecular flexibility index (Phi) is 5.17. The van der Waals surface area contributed by atoms with Crippen LogP contribution in [-0.4, -0.2) is 43.7 Å². The van der Waals surface area contributed by atoms with Crippen molar-refractivity contribution < 1.29 is 19.9 Å². The van der Waals surface area contributed by atoms with Gasteiger partial charge >= 0.3 is 5.97 Å². The van der Waals surface area contributed by atoms with E-state index in [-0.39, 0.29) is 23.9 Å². The number of para-hydroxylation sites is 1. The van der Waals surface area contributed by atoms with Crippen molar-refractivity contribution in [2.24, 2.45) is 16.3 Å². The molecule has 1 atom stereocenters. The van der Waals surface area contributed by atoms with Gasteiger partial charge in [0, 0.05) is 6.42 Å². The normalized spacial score (nSPS) is 16.4. The van der Waals surface area contributed by atoms with Crippen molar-refractivity contribution in [3.05, 3.63) is 41.4 Å². The van der Waals surface area contributed by atoms with E-state index in [1.165, 1.54) is 6.07 Å². The predicted octanol–water partition coefficient (Wildman–Crippen LogP) is 2.42. The highest BCUT2D eigenvalue weighted by molar-refractivity contribution is 6.00. The van der Waals surface area contributed by atoms with Gasteiger partial charge in [-0.1, -0.05) is 25.1 Å². The Balaban J connectivity index is 1.88. The van der Waals surface area contributed by atoms with Crippen LogP contribution in [0.5, 0.6) is 0 Å². The first kappa shape index (κ1) is 18.5. The molecule has 1 aromatic carbocycles. The number of carbonyl (C=O) groups excluding carboxylic acids is 1. The van der Waals surface area contributed by atoms with Gasteiger partial charge in [-0.2, -0.15) is 0 Å². The Bertz CT molecular complexity index is 933. The maximum absolute atomic E-state index is 11.4. The zero-order valence-electron chi connectivity index (χ0n) is 14.9. The van der Waals surface area contributed by atoms with E-state index in [1.54, 1.807) is 28.7 Å². The SMILES string of the molecule is CC(C)C(c1nc2c(C(=O)O)cccc2[nH]1)N1C/C(=C/CC(=O)NO)N=N1. The summed E-state index contributed by atoms with van der Waals surface area (Å²) < 4.78 is 0. The number of hydrogen-bond donors (Lipinski definition) is 4. The van der Waals surface area contributed by atoms with Crippen molar-refractivity contribution in [1.29, 1.82) is 0 Å². The average Bonchev–Trinajstić information content (AvgIpc) is 3.25. The number of carboxylic acid groups (broad SMARTS) is 1. The van der Waals surface area contributed by atoms with E-state index in [1.807, 2.05) is 13.8 Å². The summed E-state index contributed by atoms with van der Waals surface area (Å²) in [5, 5.41) is 27.9. The molecule has 3 rings (SSSR count). The van der Waals surface area contributed by atoms with Crippen LogP contribution in [0.3, 0.4) is 0 Å². The number of aromatic nitrogens is 2. The van der Waals surface area contributed by atoms with Gasteiger partial charge in [0.25, 0.3) is 0 Å². The minimum Gasteiger partial charge on any atom is -0.478 e. The number of hydrogen-bond acceptors (Lipinski definition) is 7. The summed E-state index contributed by atoms with van der Waals surface area (Å²) >= 11 is 0. The maximum atomic E-state index is 11.4. The van der Waals surface area contributed by atoms with E-state index >= 15 is 0 Å². The molecule has 4 N–H and O–H groups in total. The summed E-state index contributed by atoms with van der Waals surface area (Å²) in [6.07, 6.45) is 1.59. The van der Waals surface area contributed by atoms with Crippen LogP contribution in [0.2, 0.25) is 0 Å². The molecule has 0 saturated carbocycles. The van der Waals surface area contributed by atoms with Crippen LogP contribution in [-0.2, 0) is 4.79 Å². The van der Waals surface area contributed by atoms with Crippen molar-refractivity contribution in [2.45, 2.75) is 26.3 Å². The number of amides is 1. The molecule has 2 aromatic rings. The minimum absolute atomic E-state index is 0.00233. The Labute approximate surface area is 154 Å². The van der Waals surface area contributed by atoms with Gasteiger partial charge in [-0.3, -0.25) is 15.0 Å². The Hall–Kier alpha value is -3.27. The van der Waals surface area contributed by atoms with Crippen LogP contribution in [0.15, 0.2) is 40.3 Å². The van der Waals surface area contributed by atoms with E-state index in [4.69, 9.17) is 5.21 Å². The number of carbonyl (C=O) groups is 2. The van der Waals surface area contributed by atoms with Crippen LogP contribution in [0, 0.1) is 5.92 Å². The fourth-order valence-corrected chi connectivity index (χ4v) is 3.02. The van der Waals surface area contributed by atoms with Crippen LogP contribution >= 0.6 is 0 Å². The number of rotatable bonds is 6. The second kappa shape index (κ2) is 7.54. The first-order valence-electron chi connectivity index (χ1n) is 8.43. The van der Waals surface area contributed by atoms with Gasteiger partial charge in [0.05, 0.1) is 23.3 Å². The van der Waals surface area contributed by atoms with Crippen molar-refractivity contribution in [1.82, 2.24) is 20.5 Å². The average molecular weight is 372 g/mol. The van der Waals surface area contributed by atoms with E-state index in [0.717, 1.165) is 0 Å². The number of carboxylic acids is 1. The monoisotopic (exact) mass is 372 g/mol. The van der Waals surface area contributed by atoms with Crippen LogP contribution in [0.4, 0.5) is 0 Å². The molecular weight excluding hydrogens is 352 g/mol. The van der Waals surface area contributed by atoms with Gasteiger partial charge in [-0.25, -0.2) is 15.3 Å². The van der Waals surface area contributed by atoms with E-state index in [2.05, 4.69) is 20.3 Å². The molecule has 0 aliphatic carbocycles. The van der Waals surface area contributed by atoms with Gasteiger partial charge in [0.1, 0.15) is 17.4 Å². The Morgan fingerprint density at radius 2 is 2.19 bits per heavy atom. The lowest BCUT2D eigenvalue weighted by atomic mass is 10.0. The number of aromatic amines is 1. The molecule has 10 heteroatoms. The zero-order chi connectivity index (χ0) is 19.6. The van der Waals surface area contributed by atoms with Gasteiger partial charge in [-0.05, 0) is 24.1 Å². The lowest BCUT2D eigenvalue weighted by molar-refractivity contribution is -0.128. The lowest BCUT2D eigenvalue weighted by Gasteiger charge is -2.26. The fraction of sp³-hybridized carbons (Fsp3) is 0.353. The second-order valence-corrected chi connectivity index (χ2v) is 6.54. The van der Waals surface area contributed by atoms with Crippen LogP contribution < -0.4 is 5.48 Å².